The normalized spacial score (nSPS) is 22.3. The number of carbonyl (C=O) groups excluding carboxylic acids is 1. The Morgan fingerprint density at radius 3 is 2.63 bits per heavy atom. The van der Waals surface area contributed by atoms with E-state index in [4.69, 9.17) is 0 Å². The molecule has 0 saturated carbocycles. The van der Waals surface area contributed by atoms with Gasteiger partial charge in [-0.05, 0) is 38.4 Å². The van der Waals surface area contributed by atoms with Gasteiger partial charge in [0.15, 0.2) is 0 Å². The molecule has 1 unspecified atom stereocenters. The van der Waals surface area contributed by atoms with Gasteiger partial charge < -0.3 is 15.1 Å². The van der Waals surface area contributed by atoms with Crippen LogP contribution in [-0.2, 0) is 0 Å². The first-order valence-electron chi connectivity index (χ1n) is 10.4. The summed E-state index contributed by atoms with van der Waals surface area (Å²) in [5.41, 5.74) is 1.24. The van der Waals surface area contributed by atoms with Gasteiger partial charge in [-0.1, -0.05) is 48.9 Å². The van der Waals surface area contributed by atoms with Crippen LogP contribution in [0, 0.1) is 0 Å². The Morgan fingerprint density at radius 2 is 1.89 bits per heavy atom. The van der Waals surface area contributed by atoms with E-state index < -0.39 is 0 Å². The van der Waals surface area contributed by atoms with E-state index in [0.717, 1.165) is 45.7 Å². The van der Waals surface area contributed by atoms with Crippen LogP contribution in [0.3, 0.4) is 0 Å². The number of amides is 2. The number of hydrogen-bond acceptors (Lipinski definition) is 3. The summed E-state index contributed by atoms with van der Waals surface area (Å²) >= 11 is 0. The molecule has 0 spiro atoms. The van der Waals surface area contributed by atoms with E-state index in [1.807, 2.05) is 11.0 Å². The van der Waals surface area contributed by atoms with E-state index in [1.165, 1.54) is 31.4 Å². The summed E-state index contributed by atoms with van der Waals surface area (Å²) in [4.78, 5) is 19.2. The van der Waals surface area contributed by atoms with Crippen LogP contribution in [0.15, 0.2) is 36.4 Å². The van der Waals surface area contributed by atoms with Crippen molar-refractivity contribution in [3.63, 3.8) is 0 Å². The number of nitrogens with zero attached hydrogens (tertiary/aromatic N) is 3. The fourth-order valence-electron chi connectivity index (χ4n) is 4.00. The lowest BCUT2D eigenvalue weighted by Crippen LogP contribution is -2.52. The van der Waals surface area contributed by atoms with Gasteiger partial charge in [0.25, 0.3) is 0 Å². The predicted octanol–water partition coefficient (Wildman–Crippen LogP) is 2.90. The van der Waals surface area contributed by atoms with Crippen molar-refractivity contribution >= 4 is 12.1 Å². The summed E-state index contributed by atoms with van der Waals surface area (Å²) in [5, 5.41) is 3.13. The van der Waals surface area contributed by atoms with Crippen LogP contribution < -0.4 is 5.32 Å². The molecule has 2 saturated heterocycles. The first kappa shape index (κ1) is 19.9. The molecule has 1 atom stereocenters. The van der Waals surface area contributed by atoms with Gasteiger partial charge in [0, 0.05) is 45.3 Å². The quantitative estimate of drug-likeness (QED) is 0.837. The molecule has 0 aliphatic carbocycles. The molecule has 27 heavy (non-hydrogen) atoms. The lowest BCUT2D eigenvalue weighted by atomic mass is 10.0. The number of carbonyl (C=O) groups is 1. The van der Waals surface area contributed by atoms with Crippen molar-refractivity contribution in [2.75, 3.05) is 52.9 Å². The van der Waals surface area contributed by atoms with Gasteiger partial charge in [-0.3, -0.25) is 4.90 Å². The summed E-state index contributed by atoms with van der Waals surface area (Å²) in [7, 11) is 2.21. The molecule has 1 aromatic carbocycles. The molecule has 2 amide bonds. The summed E-state index contributed by atoms with van der Waals surface area (Å²) in [5.74, 6) is 0. The highest BCUT2D eigenvalue weighted by Crippen LogP contribution is 2.17. The van der Waals surface area contributed by atoms with Crippen molar-refractivity contribution in [2.45, 2.75) is 31.7 Å². The van der Waals surface area contributed by atoms with Crippen molar-refractivity contribution in [2.24, 2.45) is 0 Å². The zero-order chi connectivity index (χ0) is 18.9. The molecule has 2 heterocycles. The summed E-state index contributed by atoms with van der Waals surface area (Å²) in [6.45, 7) is 6.43. The van der Waals surface area contributed by atoms with Crippen molar-refractivity contribution < 1.29 is 4.79 Å². The Morgan fingerprint density at radius 1 is 1.11 bits per heavy atom. The highest BCUT2D eigenvalue weighted by Gasteiger charge is 2.22. The summed E-state index contributed by atoms with van der Waals surface area (Å²) in [6.07, 6.45) is 9.34. The topological polar surface area (TPSA) is 38.8 Å². The van der Waals surface area contributed by atoms with Gasteiger partial charge in [0.05, 0.1) is 0 Å². The fraction of sp³-hybridized carbons (Fsp3) is 0.591. The second kappa shape index (κ2) is 10.5. The Labute approximate surface area is 164 Å². The average molecular weight is 371 g/mol. The van der Waals surface area contributed by atoms with Crippen LogP contribution in [0.2, 0.25) is 0 Å². The SMILES string of the molecule is CN1CCCCC1CCNC(=O)N1CCN(C/C=C/c2ccccc2)CC1. The molecule has 0 aromatic heterocycles. The highest BCUT2D eigenvalue weighted by atomic mass is 16.2. The van der Waals surface area contributed by atoms with Crippen LogP contribution in [-0.4, -0.2) is 79.6 Å². The minimum absolute atomic E-state index is 0.105. The molecular weight excluding hydrogens is 336 g/mol. The van der Waals surface area contributed by atoms with Crippen molar-refractivity contribution in [1.82, 2.24) is 20.0 Å². The second-order valence-corrected chi connectivity index (χ2v) is 7.75. The van der Waals surface area contributed by atoms with E-state index in [-0.39, 0.29) is 6.03 Å². The van der Waals surface area contributed by atoms with Crippen LogP contribution in [0.5, 0.6) is 0 Å². The monoisotopic (exact) mass is 370 g/mol. The van der Waals surface area contributed by atoms with Gasteiger partial charge >= 0.3 is 6.03 Å². The number of nitrogens with one attached hydrogen (secondary N) is 1. The van der Waals surface area contributed by atoms with Crippen LogP contribution in [0.4, 0.5) is 4.79 Å². The predicted molar refractivity (Wildman–Crippen MR) is 112 cm³/mol. The summed E-state index contributed by atoms with van der Waals surface area (Å²) < 4.78 is 0. The first-order chi connectivity index (χ1) is 13.2. The number of piperazine rings is 1. The Hall–Kier alpha value is -1.85. The molecule has 148 valence electrons. The molecule has 0 radical (unpaired) electrons. The summed E-state index contributed by atoms with van der Waals surface area (Å²) in [6, 6.07) is 11.1. The van der Waals surface area contributed by atoms with Gasteiger partial charge in [-0.15, -0.1) is 0 Å². The maximum Gasteiger partial charge on any atom is 0.317 e. The zero-order valence-electron chi connectivity index (χ0n) is 16.6. The molecule has 0 bridgehead atoms. The molecule has 2 aliphatic rings. The van der Waals surface area contributed by atoms with E-state index >= 15 is 0 Å². The molecule has 1 aromatic rings. The molecule has 1 N–H and O–H groups in total. The third-order valence-corrected chi connectivity index (χ3v) is 5.81. The number of piperidine rings is 1. The van der Waals surface area contributed by atoms with Crippen molar-refractivity contribution in [1.29, 1.82) is 0 Å². The van der Waals surface area contributed by atoms with E-state index in [0.29, 0.717) is 6.04 Å². The third-order valence-electron chi connectivity index (χ3n) is 5.81. The second-order valence-electron chi connectivity index (χ2n) is 7.75. The average Bonchev–Trinajstić information content (AvgIpc) is 2.71. The van der Waals surface area contributed by atoms with Crippen molar-refractivity contribution in [3.8, 4) is 0 Å². The molecule has 5 nitrogen and oxygen atoms in total. The lowest BCUT2D eigenvalue weighted by molar-refractivity contribution is 0.143. The number of rotatable bonds is 6. The van der Waals surface area contributed by atoms with Gasteiger partial charge in [0.2, 0.25) is 0 Å². The fourth-order valence-corrected chi connectivity index (χ4v) is 4.00. The van der Waals surface area contributed by atoms with E-state index in [1.54, 1.807) is 0 Å². The molecule has 2 fully saturated rings. The number of likely N-dealkylation sites (tertiary alicyclic amines) is 1. The molecule has 2 aliphatic heterocycles. The minimum atomic E-state index is 0.105. The molecular formula is C22H34N4O. The molecule has 5 heteroatoms. The maximum absolute atomic E-state index is 12.4. The van der Waals surface area contributed by atoms with Crippen LogP contribution in [0.1, 0.15) is 31.2 Å². The lowest BCUT2D eigenvalue weighted by Gasteiger charge is -2.35. The largest absolute Gasteiger partial charge is 0.338 e. The Balaban J connectivity index is 1.31. The first-order valence-corrected chi connectivity index (χ1v) is 10.4. The van der Waals surface area contributed by atoms with Gasteiger partial charge in [-0.2, -0.15) is 0 Å². The standard InChI is InChI=1S/C22H34N4O/c1-24-14-6-5-11-21(24)12-13-23-22(27)26-18-16-25(17-19-26)15-7-10-20-8-3-2-4-9-20/h2-4,7-10,21H,5-6,11-19H2,1H3,(H,23,27)/b10-7+. The Kier molecular flexibility index (Phi) is 7.72. The molecule has 3 rings (SSSR count). The van der Waals surface area contributed by atoms with E-state index in [9.17, 15) is 4.79 Å². The van der Waals surface area contributed by atoms with Crippen molar-refractivity contribution in [3.05, 3.63) is 42.0 Å². The number of hydrogen-bond donors (Lipinski definition) is 1. The minimum Gasteiger partial charge on any atom is -0.338 e. The highest BCUT2D eigenvalue weighted by molar-refractivity contribution is 5.74. The Bertz CT molecular complexity index is 596. The van der Waals surface area contributed by atoms with Crippen LogP contribution >= 0.6 is 0 Å². The smallest absolute Gasteiger partial charge is 0.317 e. The van der Waals surface area contributed by atoms with Gasteiger partial charge in [0.1, 0.15) is 0 Å². The number of urea groups is 1. The van der Waals surface area contributed by atoms with Crippen LogP contribution in [0.25, 0.3) is 6.08 Å². The van der Waals surface area contributed by atoms with Gasteiger partial charge in [-0.25, -0.2) is 4.79 Å². The number of benzene rings is 1. The third kappa shape index (κ3) is 6.36. The van der Waals surface area contributed by atoms with E-state index in [2.05, 4.69) is 58.6 Å². The zero-order valence-corrected chi connectivity index (χ0v) is 16.6. The maximum atomic E-state index is 12.4.